The monoisotopic (exact) mass is 323 g/mol. The van der Waals surface area contributed by atoms with Gasteiger partial charge in [-0.2, -0.15) is 0 Å². The van der Waals surface area contributed by atoms with Crippen molar-refractivity contribution >= 4 is 22.7 Å². The topological polar surface area (TPSA) is 58.3 Å². The highest BCUT2D eigenvalue weighted by Crippen LogP contribution is 2.31. The van der Waals surface area contributed by atoms with Crippen molar-refractivity contribution in [2.75, 3.05) is 37.0 Å². The standard InChI is InChI=1S/C18H21N5O/c1-22(2)16-10-17(20-12-19-16)23-9-5-6-13(11-23)18-21-14-7-3-4-8-15(14)24-18/h3-4,7-8,10,12-13H,5-6,9,11H2,1-2H3. The van der Waals surface area contributed by atoms with Crippen LogP contribution in [0.2, 0.25) is 0 Å². The molecule has 1 unspecified atom stereocenters. The molecule has 0 spiro atoms. The minimum atomic E-state index is 0.295. The van der Waals surface area contributed by atoms with Gasteiger partial charge in [0.2, 0.25) is 0 Å². The van der Waals surface area contributed by atoms with Crippen LogP contribution in [0.3, 0.4) is 0 Å². The Kier molecular flexibility index (Phi) is 3.80. The van der Waals surface area contributed by atoms with E-state index >= 15 is 0 Å². The Morgan fingerprint density at radius 1 is 1.21 bits per heavy atom. The SMILES string of the molecule is CN(C)c1cc(N2CCCC(c3nc4ccccc4o3)C2)ncn1. The fraction of sp³-hybridized carbons (Fsp3) is 0.389. The fourth-order valence-corrected chi connectivity index (χ4v) is 3.21. The molecule has 3 heterocycles. The van der Waals surface area contributed by atoms with Gasteiger partial charge in [-0.1, -0.05) is 12.1 Å². The van der Waals surface area contributed by atoms with Crippen molar-refractivity contribution in [3.8, 4) is 0 Å². The van der Waals surface area contributed by atoms with Gasteiger partial charge in [0.15, 0.2) is 11.5 Å². The summed E-state index contributed by atoms with van der Waals surface area (Å²) in [5, 5.41) is 0. The van der Waals surface area contributed by atoms with Gasteiger partial charge in [-0.3, -0.25) is 0 Å². The quantitative estimate of drug-likeness (QED) is 0.738. The number of hydrogen-bond donors (Lipinski definition) is 0. The predicted molar refractivity (Wildman–Crippen MR) is 94.6 cm³/mol. The molecule has 0 N–H and O–H groups in total. The molecule has 6 nitrogen and oxygen atoms in total. The molecule has 0 bridgehead atoms. The largest absolute Gasteiger partial charge is 0.440 e. The Labute approximate surface area is 141 Å². The molecular formula is C18H21N5O. The molecule has 0 saturated carbocycles. The highest BCUT2D eigenvalue weighted by atomic mass is 16.3. The van der Waals surface area contributed by atoms with Gasteiger partial charge in [0.1, 0.15) is 23.5 Å². The number of rotatable bonds is 3. The van der Waals surface area contributed by atoms with E-state index in [1.54, 1.807) is 6.33 Å². The van der Waals surface area contributed by atoms with Crippen molar-refractivity contribution in [3.63, 3.8) is 0 Å². The lowest BCUT2D eigenvalue weighted by molar-refractivity contribution is 0.412. The summed E-state index contributed by atoms with van der Waals surface area (Å²) in [4.78, 5) is 17.7. The van der Waals surface area contributed by atoms with Crippen molar-refractivity contribution in [1.29, 1.82) is 0 Å². The van der Waals surface area contributed by atoms with E-state index < -0.39 is 0 Å². The number of anilines is 2. The zero-order valence-corrected chi connectivity index (χ0v) is 14.0. The van der Waals surface area contributed by atoms with Crippen LogP contribution in [0.5, 0.6) is 0 Å². The summed E-state index contributed by atoms with van der Waals surface area (Å²) < 4.78 is 5.97. The smallest absolute Gasteiger partial charge is 0.200 e. The molecule has 124 valence electrons. The van der Waals surface area contributed by atoms with E-state index in [4.69, 9.17) is 4.42 Å². The number of para-hydroxylation sites is 2. The summed E-state index contributed by atoms with van der Waals surface area (Å²) in [5.41, 5.74) is 1.79. The van der Waals surface area contributed by atoms with E-state index in [1.807, 2.05) is 49.3 Å². The van der Waals surface area contributed by atoms with Gasteiger partial charge < -0.3 is 14.2 Å². The summed E-state index contributed by atoms with van der Waals surface area (Å²) in [6.45, 7) is 1.87. The number of benzene rings is 1. The van der Waals surface area contributed by atoms with Crippen LogP contribution in [0.15, 0.2) is 41.1 Å². The molecule has 1 aliphatic rings. The van der Waals surface area contributed by atoms with Crippen LogP contribution < -0.4 is 9.80 Å². The van der Waals surface area contributed by atoms with Crippen molar-refractivity contribution in [2.24, 2.45) is 0 Å². The third-order valence-corrected chi connectivity index (χ3v) is 4.50. The number of hydrogen-bond acceptors (Lipinski definition) is 6. The van der Waals surface area contributed by atoms with E-state index in [2.05, 4.69) is 19.9 Å². The molecule has 1 aromatic carbocycles. The average Bonchev–Trinajstić information content (AvgIpc) is 3.06. The van der Waals surface area contributed by atoms with Crippen LogP contribution in [0, 0.1) is 0 Å². The van der Waals surface area contributed by atoms with E-state index in [1.165, 1.54) is 0 Å². The Morgan fingerprint density at radius 3 is 2.92 bits per heavy atom. The van der Waals surface area contributed by atoms with Gasteiger partial charge in [0.05, 0.1) is 5.92 Å². The minimum Gasteiger partial charge on any atom is -0.440 e. The molecule has 3 aromatic rings. The summed E-state index contributed by atoms with van der Waals surface area (Å²) in [5.74, 6) is 3.02. The molecule has 0 radical (unpaired) electrons. The van der Waals surface area contributed by atoms with Crippen LogP contribution in [0.4, 0.5) is 11.6 Å². The van der Waals surface area contributed by atoms with Crippen molar-refractivity contribution in [2.45, 2.75) is 18.8 Å². The molecule has 0 aliphatic carbocycles. The van der Waals surface area contributed by atoms with Crippen LogP contribution in [0.25, 0.3) is 11.1 Å². The Hall–Kier alpha value is -2.63. The van der Waals surface area contributed by atoms with Gasteiger partial charge >= 0.3 is 0 Å². The van der Waals surface area contributed by atoms with Crippen molar-refractivity contribution in [1.82, 2.24) is 15.0 Å². The lowest BCUT2D eigenvalue weighted by Crippen LogP contribution is -2.35. The maximum Gasteiger partial charge on any atom is 0.200 e. The number of fused-ring (bicyclic) bond motifs is 1. The van der Waals surface area contributed by atoms with Gasteiger partial charge in [-0.15, -0.1) is 0 Å². The first kappa shape index (κ1) is 14.9. The summed E-state index contributed by atoms with van der Waals surface area (Å²) in [6.07, 6.45) is 3.83. The second-order valence-electron chi connectivity index (χ2n) is 6.43. The first-order chi connectivity index (χ1) is 11.7. The lowest BCUT2D eigenvalue weighted by atomic mass is 9.98. The van der Waals surface area contributed by atoms with Gasteiger partial charge in [0, 0.05) is 33.3 Å². The van der Waals surface area contributed by atoms with E-state index in [9.17, 15) is 0 Å². The predicted octanol–water partition coefficient (Wildman–Crippen LogP) is 3.07. The Balaban J connectivity index is 1.58. The number of nitrogens with zero attached hydrogens (tertiary/aromatic N) is 5. The molecule has 24 heavy (non-hydrogen) atoms. The highest BCUT2D eigenvalue weighted by Gasteiger charge is 2.26. The Bertz CT molecular complexity index is 811. The second-order valence-corrected chi connectivity index (χ2v) is 6.43. The zero-order chi connectivity index (χ0) is 16.5. The molecular weight excluding hydrogens is 302 g/mol. The molecule has 1 aliphatic heterocycles. The van der Waals surface area contributed by atoms with E-state index in [0.717, 1.165) is 54.6 Å². The molecule has 6 heteroatoms. The van der Waals surface area contributed by atoms with E-state index in [0.29, 0.717) is 5.92 Å². The number of piperidine rings is 1. The molecule has 1 atom stereocenters. The van der Waals surface area contributed by atoms with Crippen molar-refractivity contribution < 1.29 is 4.42 Å². The Morgan fingerprint density at radius 2 is 2.08 bits per heavy atom. The van der Waals surface area contributed by atoms with Gasteiger partial charge in [0.25, 0.3) is 0 Å². The first-order valence-electron chi connectivity index (χ1n) is 8.30. The maximum absolute atomic E-state index is 5.97. The van der Waals surface area contributed by atoms with Crippen LogP contribution in [0.1, 0.15) is 24.7 Å². The van der Waals surface area contributed by atoms with Gasteiger partial charge in [-0.25, -0.2) is 15.0 Å². The van der Waals surface area contributed by atoms with Crippen LogP contribution in [-0.4, -0.2) is 42.1 Å². The lowest BCUT2D eigenvalue weighted by Gasteiger charge is -2.32. The highest BCUT2D eigenvalue weighted by molar-refractivity contribution is 5.72. The maximum atomic E-state index is 5.97. The minimum absolute atomic E-state index is 0.295. The summed E-state index contributed by atoms with van der Waals surface area (Å²) in [6, 6.07) is 9.98. The second kappa shape index (κ2) is 6.11. The normalized spacial score (nSPS) is 18.1. The first-order valence-corrected chi connectivity index (χ1v) is 8.30. The average molecular weight is 323 g/mol. The van der Waals surface area contributed by atoms with Crippen LogP contribution in [-0.2, 0) is 0 Å². The number of aromatic nitrogens is 3. The molecule has 1 fully saturated rings. The van der Waals surface area contributed by atoms with Gasteiger partial charge in [-0.05, 0) is 25.0 Å². The molecule has 0 amide bonds. The summed E-state index contributed by atoms with van der Waals surface area (Å²) >= 11 is 0. The van der Waals surface area contributed by atoms with Crippen molar-refractivity contribution in [3.05, 3.63) is 42.5 Å². The van der Waals surface area contributed by atoms with Crippen LogP contribution >= 0.6 is 0 Å². The molecule has 4 rings (SSSR count). The third kappa shape index (κ3) is 2.79. The molecule has 1 saturated heterocycles. The number of oxazole rings is 1. The summed E-state index contributed by atoms with van der Waals surface area (Å²) in [7, 11) is 3.98. The van der Waals surface area contributed by atoms with E-state index in [-0.39, 0.29) is 0 Å². The zero-order valence-electron chi connectivity index (χ0n) is 14.0. The fourth-order valence-electron chi connectivity index (χ4n) is 3.21. The third-order valence-electron chi connectivity index (χ3n) is 4.50. The molecule has 2 aromatic heterocycles.